The fourth-order valence-electron chi connectivity index (χ4n) is 1.50. The highest BCUT2D eigenvalue weighted by molar-refractivity contribution is 8.01. The second kappa shape index (κ2) is 7.30. The van der Waals surface area contributed by atoms with Crippen molar-refractivity contribution in [2.45, 2.75) is 56.2 Å². The molecule has 0 radical (unpaired) electrons. The minimum absolute atomic E-state index is 0.588. The van der Waals surface area contributed by atoms with Gasteiger partial charge in [0.15, 0.2) is 0 Å². The maximum Gasteiger partial charge on any atom is 0.150 e. The van der Waals surface area contributed by atoms with Crippen molar-refractivity contribution in [1.29, 1.82) is 0 Å². The van der Waals surface area contributed by atoms with Crippen molar-refractivity contribution in [3.63, 3.8) is 0 Å². The summed E-state index contributed by atoms with van der Waals surface area (Å²) in [6, 6.07) is 0.631. The third-order valence-corrected chi connectivity index (χ3v) is 4.57. The lowest BCUT2D eigenvalue weighted by molar-refractivity contribution is 0.511. The van der Waals surface area contributed by atoms with Crippen LogP contribution in [-0.2, 0) is 0 Å². The van der Waals surface area contributed by atoms with E-state index in [2.05, 4.69) is 36.5 Å². The predicted molar refractivity (Wildman–Crippen MR) is 74.5 cm³/mol. The smallest absolute Gasteiger partial charge is 0.150 e. The predicted octanol–water partition coefficient (Wildman–Crippen LogP) is 3.71. The zero-order chi connectivity index (χ0) is 12.0. The Kier molecular flexibility index (Phi) is 6.39. The summed E-state index contributed by atoms with van der Waals surface area (Å²) in [5.74, 6) is 0. The lowest BCUT2D eigenvalue weighted by Gasteiger charge is -2.16. The molecule has 1 aromatic rings. The second-order valence-corrected chi connectivity index (χ2v) is 6.82. The van der Waals surface area contributed by atoms with Crippen molar-refractivity contribution in [3.05, 3.63) is 11.1 Å². The van der Waals surface area contributed by atoms with E-state index in [1.165, 1.54) is 17.2 Å². The summed E-state index contributed by atoms with van der Waals surface area (Å²) in [6.07, 6.45) is 2.51. The van der Waals surface area contributed by atoms with Crippen molar-refractivity contribution in [2.24, 2.45) is 0 Å². The Balaban J connectivity index is 2.23. The zero-order valence-electron chi connectivity index (χ0n) is 10.6. The van der Waals surface area contributed by atoms with Crippen molar-refractivity contribution in [1.82, 2.24) is 10.3 Å². The Morgan fingerprint density at radius 1 is 1.50 bits per heavy atom. The van der Waals surface area contributed by atoms with Crippen LogP contribution in [0.4, 0.5) is 0 Å². The summed E-state index contributed by atoms with van der Waals surface area (Å²) in [4.78, 5) is 4.47. The standard InChI is InChI=1S/C12H22N2S2/c1-5-6-9(2)13-7-11(4)16-12-14-10(3)8-15-12/h8-9,11,13H,5-7H2,1-4H3. The number of rotatable bonds is 7. The fourth-order valence-corrected chi connectivity index (χ4v) is 3.60. The van der Waals surface area contributed by atoms with Crippen LogP contribution >= 0.6 is 23.1 Å². The Hall–Kier alpha value is -0.0600. The quantitative estimate of drug-likeness (QED) is 0.755. The van der Waals surface area contributed by atoms with Gasteiger partial charge in [-0.15, -0.1) is 11.3 Å². The number of aryl methyl sites for hydroxylation is 1. The molecule has 1 heterocycles. The monoisotopic (exact) mass is 258 g/mol. The number of nitrogens with zero attached hydrogens (tertiary/aromatic N) is 1. The van der Waals surface area contributed by atoms with E-state index in [1.54, 1.807) is 11.3 Å². The van der Waals surface area contributed by atoms with Crippen molar-refractivity contribution in [2.75, 3.05) is 6.54 Å². The molecule has 1 rings (SSSR count). The van der Waals surface area contributed by atoms with Crippen LogP contribution in [0.1, 0.15) is 39.3 Å². The Labute approximate surface area is 107 Å². The molecule has 0 saturated carbocycles. The molecule has 0 spiro atoms. The number of hydrogen-bond acceptors (Lipinski definition) is 4. The van der Waals surface area contributed by atoms with E-state index in [9.17, 15) is 0 Å². The van der Waals surface area contributed by atoms with Gasteiger partial charge >= 0.3 is 0 Å². The molecule has 92 valence electrons. The molecule has 0 bridgehead atoms. The highest BCUT2D eigenvalue weighted by Gasteiger charge is 2.08. The topological polar surface area (TPSA) is 24.9 Å². The molecule has 2 unspecified atom stereocenters. The van der Waals surface area contributed by atoms with Crippen LogP contribution in [-0.4, -0.2) is 22.8 Å². The molecule has 0 aliphatic carbocycles. The average molecular weight is 258 g/mol. The first-order valence-electron chi connectivity index (χ1n) is 5.94. The van der Waals surface area contributed by atoms with Crippen LogP contribution in [0.25, 0.3) is 0 Å². The van der Waals surface area contributed by atoms with Gasteiger partial charge in [-0.25, -0.2) is 4.98 Å². The summed E-state index contributed by atoms with van der Waals surface area (Å²) < 4.78 is 1.19. The third kappa shape index (κ3) is 5.32. The van der Waals surface area contributed by atoms with Crippen molar-refractivity contribution >= 4 is 23.1 Å². The van der Waals surface area contributed by atoms with Gasteiger partial charge in [-0.05, 0) is 20.3 Å². The Morgan fingerprint density at radius 2 is 2.25 bits per heavy atom. The fraction of sp³-hybridized carbons (Fsp3) is 0.750. The number of aromatic nitrogens is 1. The molecule has 1 aromatic heterocycles. The molecule has 1 N–H and O–H groups in total. The van der Waals surface area contributed by atoms with Crippen LogP contribution < -0.4 is 5.32 Å². The lowest BCUT2D eigenvalue weighted by atomic mass is 10.2. The molecule has 0 aliphatic rings. The van der Waals surface area contributed by atoms with Gasteiger partial charge in [-0.2, -0.15) is 0 Å². The molecule has 4 heteroatoms. The zero-order valence-corrected chi connectivity index (χ0v) is 12.3. The van der Waals surface area contributed by atoms with Gasteiger partial charge in [0.25, 0.3) is 0 Å². The van der Waals surface area contributed by atoms with E-state index in [-0.39, 0.29) is 0 Å². The van der Waals surface area contributed by atoms with Gasteiger partial charge in [0.1, 0.15) is 4.34 Å². The van der Waals surface area contributed by atoms with Crippen molar-refractivity contribution in [3.8, 4) is 0 Å². The van der Waals surface area contributed by atoms with Gasteiger partial charge in [-0.1, -0.05) is 32.0 Å². The van der Waals surface area contributed by atoms with Gasteiger partial charge in [0.2, 0.25) is 0 Å². The largest absolute Gasteiger partial charge is 0.313 e. The molecular weight excluding hydrogens is 236 g/mol. The molecule has 0 fully saturated rings. The van der Waals surface area contributed by atoms with Gasteiger partial charge in [0, 0.05) is 28.9 Å². The summed E-state index contributed by atoms with van der Waals surface area (Å²) >= 11 is 3.62. The summed E-state index contributed by atoms with van der Waals surface area (Å²) in [5, 5.41) is 6.27. The first kappa shape index (κ1) is 14.0. The van der Waals surface area contributed by atoms with Crippen molar-refractivity contribution < 1.29 is 0 Å². The van der Waals surface area contributed by atoms with Gasteiger partial charge in [-0.3, -0.25) is 0 Å². The van der Waals surface area contributed by atoms with Crippen LogP contribution in [0.3, 0.4) is 0 Å². The number of hydrogen-bond donors (Lipinski definition) is 1. The molecule has 0 saturated heterocycles. The van der Waals surface area contributed by atoms with E-state index >= 15 is 0 Å². The normalized spacial score (nSPS) is 15.0. The summed E-state index contributed by atoms with van der Waals surface area (Å²) in [5.41, 5.74) is 1.13. The molecule has 0 aromatic carbocycles. The Bertz CT molecular complexity index is 299. The minimum atomic E-state index is 0.588. The van der Waals surface area contributed by atoms with E-state index in [0.717, 1.165) is 12.2 Å². The first-order chi connectivity index (χ1) is 7.61. The van der Waals surface area contributed by atoms with Crippen LogP contribution in [0.2, 0.25) is 0 Å². The maximum absolute atomic E-state index is 4.47. The molecule has 0 aliphatic heterocycles. The molecule has 2 atom stereocenters. The van der Waals surface area contributed by atoms with E-state index in [4.69, 9.17) is 0 Å². The minimum Gasteiger partial charge on any atom is -0.313 e. The van der Waals surface area contributed by atoms with Crippen LogP contribution in [0.5, 0.6) is 0 Å². The van der Waals surface area contributed by atoms with E-state index in [1.807, 2.05) is 18.7 Å². The summed E-state index contributed by atoms with van der Waals surface area (Å²) in [7, 11) is 0. The SMILES string of the molecule is CCCC(C)NCC(C)Sc1nc(C)cs1. The molecule has 2 nitrogen and oxygen atoms in total. The first-order valence-corrected chi connectivity index (χ1v) is 7.70. The van der Waals surface area contributed by atoms with Gasteiger partial charge < -0.3 is 5.32 Å². The van der Waals surface area contributed by atoms with E-state index in [0.29, 0.717) is 11.3 Å². The molecule has 0 amide bonds. The van der Waals surface area contributed by atoms with Crippen LogP contribution in [0, 0.1) is 6.92 Å². The summed E-state index contributed by atoms with van der Waals surface area (Å²) in [6.45, 7) is 9.85. The maximum atomic E-state index is 4.47. The number of nitrogens with one attached hydrogen (secondary N) is 1. The average Bonchev–Trinajstić information content (AvgIpc) is 2.61. The lowest BCUT2D eigenvalue weighted by Crippen LogP contribution is -2.31. The highest BCUT2D eigenvalue weighted by atomic mass is 32.2. The third-order valence-electron chi connectivity index (χ3n) is 2.38. The second-order valence-electron chi connectivity index (χ2n) is 4.28. The van der Waals surface area contributed by atoms with E-state index < -0.39 is 0 Å². The number of thioether (sulfide) groups is 1. The molecular formula is C12H22N2S2. The van der Waals surface area contributed by atoms with Crippen LogP contribution in [0.15, 0.2) is 9.72 Å². The molecule has 16 heavy (non-hydrogen) atoms. The number of thiazole rings is 1. The Morgan fingerprint density at radius 3 is 2.81 bits per heavy atom. The van der Waals surface area contributed by atoms with Gasteiger partial charge in [0.05, 0.1) is 0 Å². The highest BCUT2D eigenvalue weighted by Crippen LogP contribution is 2.26.